The lowest BCUT2D eigenvalue weighted by Crippen LogP contribution is -2.58. The second kappa shape index (κ2) is 11.1. The number of piperazine rings is 2. The number of halogens is 1. The zero-order valence-corrected chi connectivity index (χ0v) is 21.3. The SMILES string of the molecule is O=C(ON1C(=O)[C@@H]2CN(C(=O)N3CCOCC3)CCN2C1=O)N1CCN(CCc2ccc(Cl)cc2)CC1. The van der Waals surface area contributed by atoms with Crippen molar-refractivity contribution < 1.29 is 28.8 Å². The van der Waals surface area contributed by atoms with Crippen molar-refractivity contribution in [1.82, 2.24) is 29.6 Å². The number of hydrogen-bond acceptors (Lipinski definition) is 7. The minimum atomic E-state index is -0.858. The van der Waals surface area contributed by atoms with E-state index in [1.807, 2.05) is 24.3 Å². The highest BCUT2D eigenvalue weighted by Gasteiger charge is 2.51. The fourth-order valence-electron chi connectivity index (χ4n) is 5.01. The molecule has 6 amide bonds. The zero-order chi connectivity index (χ0) is 25.9. The predicted octanol–water partition coefficient (Wildman–Crippen LogP) is 0.952. The number of imide groups is 1. The van der Waals surface area contributed by atoms with Crippen LogP contribution >= 0.6 is 11.6 Å². The summed E-state index contributed by atoms with van der Waals surface area (Å²) in [5.41, 5.74) is 1.19. The topological polar surface area (TPSA) is 106 Å². The van der Waals surface area contributed by atoms with Gasteiger partial charge in [0.1, 0.15) is 6.04 Å². The van der Waals surface area contributed by atoms with Crippen LogP contribution in [0.3, 0.4) is 0 Å². The van der Waals surface area contributed by atoms with Crippen LogP contribution in [0.15, 0.2) is 24.3 Å². The molecule has 1 aromatic carbocycles. The molecule has 4 aliphatic rings. The van der Waals surface area contributed by atoms with Gasteiger partial charge in [-0.3, -0.25) is 9.69 Å². The summed E-state index contributed by atoms with van der Waals surface area (Å²) in [6, 6.07) is 6.06. The van der Waals surface area contributed by atoms with Crippen molar-refractivity contribution in [3.8, 4) is 0 Å². The first-order valence-corrected chi connectivity index (χ1v) is 13.0. The molecule has 1 aromatic rings. The summed E-state index contributed by atoms with van der Waals surface area (Å²) in [6.45, 7) is 5.58. The van der Waals surface area contributed by atoms with E-state index < -0.39 is 24.1 Å². The minimum Gasteiger partial charge on any atom is -0.378 e. The number of carbonyl (C=O) groups is 4. The number of ether oxygens (including phenoxy) is 1. The lowest BCUT2D eigenvalue weighted by Gasteiger charge is -2.38. The van der Waals surface area contributed by atoms with Gasteiger partial charge in [-0.25, -0.2) is 14.4 Å². The Hall–Kier alpha value is -3.09. The minimum absolute atomic E-state index is 0.0705. The van der Waals surface area contributed by atoms with Gasteiger partial charge in [-0.15, -0.1) is 0 Å². The summed E-state index contributed by atoms with van der Waals surface area (Å²) in [6.07, 6.45) is 0.154. The van der Waals surface area contributed by atoms with Gasteiger partial charge in [-0.1, -0.05) is 28.8 Å². The van der Waals surface area contributed by atoms with Crippen LogP contribution in [0.2, 0.25) is 5.02 Å². The smallest absolute Gasteiger partial charge is 0.378 e. The normalized spacial score (nSPS) is 22.9. The van der Waals surface area contributed by atoms with E-state index in [9.17, 15) is 19.2 Å². The molecule has 0 aliphatic carbocycles. The summed E-state index contributed by atoms with van der Waals surface area (Å²) in [5.74, 6) is -0.626. The van der Waals surface area contributed by atoms with E-state index in [1.165, 1.54) is 15.4 Å². The van der Waals surface area contributed by atoms with Crippen molar-refractivity contribution in [3.05, 3.63) is 34.9 Å². The van der Waals surface area contributed by atoms with E-state index in [0.717, 1.165) is 13.0 Å². The number of morpholine rings is 1. The highest BCUT2D eigenvalue weighted by Crippen LogP contribution is 2.24. The van der Waals surface area contributed by atoms with Crippen LogP contribution in [0.5, 0.6) is 0 Å². The molecule has 0 spiro atoms. The van der Waals surface area contributed by atoms with E-state index in [4.69, 9.17) is 21.2 Å². The van der Waals surface area contributed by atoms with Crippen LogP contribution < -0.4 is 0 Å². The molecule has 0 radical (unpaired) electrons. The molecule has 37 heavy (non-hydrogen) atoms. The summed E-state index contributed by atoms with van der Waals surface area (Å²) in [5, 5.41) is 1.27. The van der Waals surface area contributed by atoms with Gasteiger partial charge in [-0.05, 0) is 24.1 Å². The predicted molar refractivity (Wildman–Crippen MR) is 132 cm³/mol. The molecule has 0 saturated carbocycles. The number of rotatable bonds is 4. The van der Waals surface area contributed by atoms with E-state index in [2.05, 4.69) is 4.90 Å². The third-order valence-corrected chi connectivity index (χ3v) is 7.52. The quantitative estimate of drug-likeness (QED) is 0.529. The molecule has 1 atom stereocenters. The van der Waals surface area contributed by atoms with Crippen molar-refractivity contribution in [2.75, 3.05) is 78.7 Å². The fourth-order valence-corrected chi connectivity index (χ4v) is 5.14. The number of benzene rings is 1. The van der Waals surface area contributed by atoms with Gasteiger partial charge in [0.2, 0.25) is 0 Å². The molecule has 200 valence electrons. The molecule has 4 saturated heterocycles. The van der Waals surface area contributed by atoms with Crippen LogP contribution in [-0.2, 0) is 20.8 Å². The molecular formula is C24H31ClN6O6. The molecule has 0 N–H and O–H groups in total. The first-order chi connectivity index (χ1) is 17.9. The molecule has 0 bridgehead atoms. The highest BCUT2D eigenvalue weighted by atomic mass is 35.5. The molecule has 0 unspecified atom stereocenters. The number of fused-ring (bicyclic) bond motifs is 1. The van der Waals surface area contributed by atoms with E-state index in [-0.39, 0.29) is 19.1 Å². The van der Waals surface area contributed by atoms with Crippen molar-refractivity contribution in [3.63, 3.8) is 0 Å². The van der Waals surface area contributed by atoms with Gasteiger partial charge in [0.05, 0.1) is 19.8 Å². The molecule has 4 heterocycles. The standard InChI is InChI=1S/C24H31ClN6O6/c25-19-3-1-18(2-4-19)5-6-26-7-9-28(10-8-26)24(35)37-31-21(32)20-17-29(11-12-30(20)23(31)34)22(33)27-13-15-36-16-14-27/h1-4,20H,5-17H2/t20-/m0/s1. The summed E-state index contributed by atoms with van der Waals surface area (Å²) >= 11 is 5.94. The van der Waals surface area contributed by atoms with Crippen LogP contribution in [0.4, 0.5) is 14.4 Å². The first-order valence-electron chi connectivity index (χ1n) is 12.6. The molecular weight excluding hydrogens is 504 g/mol. The van der Waals surface area contributed by atoms with Crippen molar-refractivity contribution in [2.24, 2.45) is 0 Å². The van der Waals surface area contributed by atoms with Crippen molar-refractivity contribution in [2.45, 2.75) is 12.5 Å². The number of amides is 6. The van der Waals surface area contributed by atoms with Gasteiger partial charge >= 0.3 is 18.2 Å². The van der Waals surface area contributed by atoms with Gasteiger partial charge in [0, 0.05) is 63.9 Å². The Bertz CT molecular complexity index is 1030. The second-order valence-corrected chi connectivity index (χ2v) is 9.95. The summed E-state index contributed by atoms with van der Waals surface area (Å²) < 4.78 is 5.29. The van der Waals surface area contributed by atoms with E-state index in [1.54, 1.807) is 9.80 Å². The number of hydroxylamine groups is 2. The molecule has 4 aliphatic heterocycles. The monoisotopic (exact) mass is 534 g/mol. The van der Waals surface area contributed by atoms with Gasteiger partial charge in [0.15, 0.2) is 0 Å². The lowest BCUT2D eigenvalue weighted by molar-refractivity contribution is -0.152. The van der Waals surface area contributed by atoms with Gasteiger partial charge < -0.3 is 29.2 Å². The van der Waals surface area contributed by atoms with Crippen molar-refractivity contribution >= 4 is 35.7 Å². The maximum atomic E-state index is 13.0. The fraction of sp³-hybridized carbons (Fsp3) is 0.583. The third-order valence-electron chi connectivity index (χ3n) is 7.27. The van der Waals surface area contributed by atoms with Crippen molar-refractivity contribution in [1.29, 1.82) is 0 Å². The zero-order valence-electron chi connectivity index (χ0n) is 20.6. The van der Waals surface area contributed by atoms with E-state index >= 15 is 0 Å². The highest BCUT2D eigenvalue weighted by molar-refractivity contribution is 6.30. The average Bonchev–Trinajstić information content (AvgIpc) is 3.17. The molecule has 13 heteroatoms. The first kappa shape index (κ1) is 25.6. The number of hydrogen-bond donors (Lipinski definition) is 0. The summed E-state index contributed by atoms with van der Waals surface area (Å²) in [4.78, 5) is 65.1. The Morgan fingerprint density at radius 3 is 2.27 bits per heavy atom. The van der Waals surface area contributed by atoms with Crippen LogP contribution in [-0.4, -0.2) is 138 Å². The number of nitrogens with zero attached hydrogens (tertiary/aromatic N) is 6. The molecule has 12 nitrogen and oxygen atoms in total. The Morgan fingerprint density at radius 1 is 0.892 bits per heavy atom. The van der Waals surface area contributed by atoms with Gasteiger partial charge in [-0.2, -0.15) is 0 Å². The second-order valence-electron chi connectivity index (χ2n) is 9.51. The largest absolute Gasteiger partial charge is 0.434 e. The maximum absolute atomic E-state index is 13.0. The van der Waals surface area contributed by atoms with Gasteiger partial charge in [0.25, 0.3) is 5.91 Å². The van der Waals surface area contributed by atoms with Crippen LogP contribution in [0, 0.1) is 0 Å². The lowest BCUT2D eigenvalue weighted by atomic mass is 10.1. The number of carbonyl (C=O) groups excluding carboxylic acids is 4. The molecule has 0 aromatic heterocycles. The Labute approximate surface area is 220 Å². The molecule has 5 rings (SSSR count). The number of urea groups is 2. The Morgan fingerprint density at radius 2 is 1.57 bits per heavy atom. The average molecular weight is 535 g/mol. The Kier molecular flexibility index (Phi) is 7.68. The molecule has 4 fully saturated rings. The van der Waals surface area contributed by atoms with Crippen LogP contribution in [0.1, 0.15) is 5.56 Å². The Balaban J connectivity index is 1.10. The van der Waals surface area contributed by atoms with E-state index in [0.29, 0.717) is 69.1 Å². The third kappa shape index (κ3) is 5.60. The van der Waals surface area contributed by atoms with Crippen LogP contribution in [0.25, 0.3) is 0 Å². The summed E-state index contributed by atoms with van der Waals surface area (Å²) in [7, 11) is 0. The maximum Gasteiger partial charge on any atom is 0.434 e.